The van der Waals surface area contributed by atoms with E-state index in [-0.39, 0.29) is 36.3 Å². The second kappa shape index (κ2) is 8.16. The number of para-hydroxylation sites is 1. The third-order valence-electron chi connectivity index (χ3n) is 3.06. The van der Waals surface area contributed by atoms with Crippen LogP contribution in [0.3, 0.4) is 0 Å². The highest BCUT2D eigenvalue weighted by molar-refractivity contribution is 6.32. The summed E-state index contributed by atoms with van der Waals surface area (Å²) in [6.45, 7) is 0.00549. The van der Waals surface area contributed by atoms with Crippen molar-refractivity contribution in [2.45, 2.75) is 6.42 Å². The summed E-state index contributed by atoms with van der Waals surface area (Å²) in [6, 6.07) is 14.7. The number of ether oxygens (including phenoxy) is 1. The van der Waals surface area contributed by atoms with Gasteiger partial charge in [0.05, 0.1) is 17.5 Å². The van der Waals surface area contributed by atoms with E-state index in [1.807, 2.05) is 12.1 Å². The number of nitriles is 1. The maximum Gasteiger partial charge on any atom is 0.264 e. The number of benzene rings is 2. The molecule has 2 aromatic rings. The van der Waals surface area contributed by atoms with Crippen molar-refractivity contribution < 1.29 is 13.9 Å². The van der Waals surface area contributed by atoms with Gasteiger partial charge in [-0.3, -0.25) is 4.79 Å². The molecule has 0 saturated carbocycles. The van der Waals surface area contributed by atoms with Gasteiger partial charge >= 0.3 is 0 Å². The molecule has 2 aromatic carbocycles. The Balaban J connectivity index is 2.07. The van der Waals surface area contributed by atoms with Crippen LogP contribution in [0.2, 0.25) is 5.02 Å². The molecule has 0 bridgehead atoms. The van der Waals surface area contributed by atoms with Gasteiger partial charge < -0.3 is 9.64 Å². The van der Waals surface area contributed by atoms with E-state index in [1.165, 1.54) is 17.0 Å². The smallest absolute Gasteiger partial charge is 0.264 e. The Morgan fingerprint density at radius 2 is 2.00 bits per heavy atom. The molecule has 2 rings (SSSR count). The second-order valence-corrected chi connectivity index (χ2v) is 5.06. The fourth-order valence-electron chi connectivity index (χ4n) is 1.98. The summed E-state index contributed by atoms with van der Waals surface area (Å²) in [5, 5.41) is 8.84. The minimum absolute atomic E-state index is 0.0982. The molecule has 0 unspecified atom stereocenters. The number of hydrogen-bond acceptors (Lipinski definition) is 3. The maximum absolute atomic E-state index is 13.0. The van der Waals surface area contributed by atoms with Crippen molar-refractivity contribution in [3.63, 3.8) is 0 Å². The molecular weight excluding hydrogens is 319 g/mol. The number of hydrogen-bond donors (Lipinski definition) is 0. The first-order chi connectivity index (χ1) is 11.1. The van der Waals surface area contributed by atoms with Crippen LogP contribution in [-0.4, -0.2) is 19.1 Å². The standard InChI is InChI=1S/C17H14ClFN2O2/c18-15-11-13(19)7-8-16(15)23-12-17(22)21(10-4-9-20)14-5-2-1-3-6-14/h1-3,5-8,11H,4,10,12H2. The Morgan fingerprint density at radius 1 is 1.26 bits per heavy atom. The van der Waals surface area contributed by atoms with Crippen molar-refractivity contribution in [1.29, 1.82) is 5.26 Å². The van der Waals surface area contributed by atoms with Gasteiger partial charge in [-0.25, -0.2) is 4.39 Å². The third-order valence-corrected chi connectivity index (χ3v) is 3.36. The van der Waals surface area contributed by atoms with Crippen LogP contribution in [0.4, 0.5) is 10.1 Å². The molecule has 0 radical (unpaired) electrons. The van der Waals surface area contributed by atoms with E-state index < -0.39 is 5.82 Å². The van der Waals surface area contributed by atoms with Crippen LogP contribution < -0.4 is 9.64 Å². The zero-order valence-electron chi connectivity index (χ0n) is 12.2. The van der Waals surface area contributed by atoms with Crippen molar-refractivity contribution >= 4 is 23.2 Å². The van der Waals surface area contributed by atoms with Crippen molar-refractivity contribution in [3.05, 3.63) is 59.4 Å². The number of nitrogens with zero attached hydrogens (tertiary/aromatic N) is 2. The number of anilines is 1. The summed E-state index contributed by atoms with van der Waals surface area (Å²) in [4.78, 5) is 13.8. The van der Waals surface area contributed by atoms with Crippen LogP contribution in [0.1, 0.15) is 6.42 Å². The van der Waals surface area contributed by atoms with Gasteiger partial charge in [-0.15, -0.1) is 0 Å². The Labute approximate surface area is 138 Å². The lowest BCUT2D eigenvalue weighted by molar-refractivity contribution is -0.120. The fraction of sp³-hybridized carbons (Fsp3) is 0.176. The van der Waals surface area contributed by atoms with Crippen molar-refractivity contribution in [3.8, 4) is 11.8 Å². The molecular formula is C17H14ClFN2O2. The molecule has 0 aromatic heterocycles. The molecule has 0 aliphatic rings. The Bertz CT molecular complexity index is 716. The predicted octanol–water partition coefficient (Wildman–Crippen LogP) is 3.80. The van der Waals surface area contributed by atoms with E-state index in [0.717, 1.165) is 6.07 Å². The number of amides is 1. The van der Waals surface area contributed by atoms with E-state index >= 15 is 0 Å². The first-order valence-electron chi connectivity index (χ1n) is 6.92. The summed E-state index contributed by atoms with van der Waals surface area (Å²) in [7, 11) is 0. The van der Waals surface area contributed by atoms with Crippen LogP contribution in [-0.2, 0) is 4.79 Å². The minimum atomic E-state index is -0.478. The molecule has 0 fully saturated rings. The quantitative estimate of drug-likeness (QED) is 0.808. The summed E-state index contributed by atoms with van der Waals surface area (Å²) < 4.78 is 18.4. The minimum Gasteiger partial charge on any atom is -0.482 e. The van der Waals surface area contributed by atoms with E-state index in [0.29, 0.717) is 5.69 Å². The molecule has 0 aliphatic heterocycles. The van der Waals surface area contributed by atoms with Gasteiger partial charge in [0, 0.05) is 12.2 Å². The Hall–Kier alpha value is -2.58. The van der Waals surface area contributed by atoms with Crippen molar-refractivity contribution in [2.24, 2.45) is 0 Å². The van der Waals surface area contributed by atoms with Crippen LogP contribution in [0.25, 0.3) is 0 Å². The van der Waals surface area contributed by atoms with Crippen LogP contribution in [0.5, 0.6) is 5.75 Å². The highest BCUT2D eigenvalue weighted by Gasteiger charge is 2.16. The normalized spacial score (nSPS) is 9.96. The number of rotatable bonds is 6. The molecule has 23 heavy (non-hydrogen) atoms. The largest absolute Gasteiger partial charge is 0.482 e. The summed E-state index contributed by atoms with van der Waals surface area (Å²) in [6.07, 6.45) is 0.206. The SMILES string of the molecule is N#CCCN(C(=O)COc1ccc(F)cc1Cl)c1ccccc1. The molecule has 4 nitrogen and oxygen atoms in total. The Morgan fingerprint density at radius 3 is 2.65 bits per heavy atom. The first kappa shape index (κ1) is 16.8. The number of halogens is 2. The average molecular weight is 333 g/mol. The molecule has 0 heterocycles. The van der Waals surface area contributed by atoms with E-state index in [4.69, 9.17) is 21.6 Å². The molecule has 6 heteroatoms. The van der Waals surface area contributed by atoms with E-state index in [9.17, 15) is 9.18 Å². The van der Waals surface area contributed by atoms with Crippen LogP contribution in [0.15, 0.2) is 48.5 Å². The van der Waals surface area contributed by atoms with Crippen LogP contribution in [0, 0.1) is 17.1 Å². The third kappa shape index (κ3) is 4.70. The lowest BCUT2D eigenvalue weighted by atomic mass is 10.2. The Kier molecular flexibility index (Phi) is 5.95. The predicted molar refractivity (Wildman–Crippen MR) is 85.9 cm³/mol. The number of carbonyl (C=O) groups excluding carboxylic acids is 1. The maximum atomic E-state index is 13.0. The van der Waals surface area contributed by atoms with Gasteiger partial charge in [-0.2, -0.15) is 5.26 Å². The second-order valence-electron chi connectivity index (χ2n) is 4.65. The van der Waals surface area contributed by atoms with Gasteiger partial charge in [0.2, 0.25) is 0 Å². The summed E-state index contributed by atoms with van der Waals surface area (Å²) >= 11 is 5.86. The fourth-order valence-corrected chi connectivity index (χ4v) is 2.20. The summed E-state index contributed by atoms with van der Waals surface area (Å²) in [5.41, 5.74) is 0.682. The topological polar surface area (TPSA) is 53.3 Å². The van der Waals surface area contributed by atoms with E-state index in [1.54, 1.807) is 24.3 Å². The van der Waals surface area contributed by atoms with Gasteiger partial charge in [0.15, 0.2) is 6.61 Å². The molecule has 1 amide bonds. The highest BCUT2D eigenvalue weighted by Crippen LogP contribution is 2.25. The molecule has 0 spiro atoms. The molecule has 0 N–H and O–H groups in total. The summed E-state index contributed by atoms with van der Waals surface area (Å²) in [5.74, 6) is -0.560. The lowest BCUT2D eigenvalue weighted by Gasteiger charge is -2.22. The van der Waals surface area contributed by atoms with Gasteiger partial charge in [0.25, 0.3) is 5.91 Å². The highest BCUT2D eigenvalue weighted by atomic mass is 35.5. The van der Waals surface area contributed by atoms with Gasteiger partial charge in [0.1, 0.15) is 11.6 Å². The molecule has 0 saturated heterocycles. The zero-order valence-corrected chi connectivity index (χ0v) is 13.0. The first-order valence-corrected chi connectivity index (χ1v) is 7.30. The van der Waals surface area contributed by atoms with Crippen LogP contribution >= 0.6 is 11.6 Å². The van der Waals surface area contributed by atoms with Crippen molar-refractivity contribution in [2.75, 3.05) is 18.1 Å². The van der Waals surface area contributed by atoms with Gasteiger partial charge in [-0.05, 0) is 30.3 Å². The number of carbonyl (C=O) groups is 1. The molecule has 0 atom stereocenters. The van der Waals surface area contributed by atoms with E-state index in [2.05, 4.69) is 0 Å². The average Bonchev–Trinajstić information content (AvgIpc) is 2.55. The van der Waals surface area contributed by atoms with Gasteiger partial charge in [-0.1, -0.05) is 29.8 Å². The molecule has 118 valence electrons. The van der Waals surface area contributed by atoms with Crippen molar-refractivity contribution in [1.82, 2.24) is 0 Å². The monoisotopic (exact) mass is 332 g/mol. The lowest BCUT2D eigenvalue weighted by Crippen LogP contribution is -2.35. The molecule has 0 aliphatic carbocycles. The zero-order chi connectivity index (χ0) is 16.7.